The lowest BCUT2D eigenvalue weighted by Crippen LogP contribution is -2.37. The van der Waals surface area contributed by atoms with Crippen LogP contribution in [0.25, 0.3) is 0 Å². The van der Waals surface area contributed by atoms with E-state index in [4.69, 9.17) is 4.74 Å². The quantitative estimate of drug-likeness (QED) is 0.425. The van der Waals surface area contributed by atoms with Crippen LogP contribution >= 0.6 is 0 Å². The molecule has 3 N–H and O–H groups in total. The van der Waals surface area contributed by atoms with E-state index in [1.54, 1.807) is 26.0 Å². The molecular weight excluding hydrogens is 477 g/mol. The van der Waals surface area contributed by atoms with Crippen molar-refractivity contribution < 1.29 is 31.9 Å². The van der Waals surface area contributed by atoms with Crippen molar-refractivity contribution in [2.24, 2.45) is 0 Å². The van der Waals surface area contributed by atoms with Crippen LogP contribution in [0.1, 0.15) is 21.5 Å². The number of sulfonamides is 1. The molecule has 0 fully saturated rings. The van der Waals surface area contributed by atoms with Gasteiger partial charge in [0.05, 0.1) is 21.8 Å². The van der Waals surface area contributed by atoms with Crippen molar-refractivity contribution in [1.29, 1.82) is 0 Å². The van der Waals surface area contributed by atoms with Crippen LogP contribution in [0, 0.1) is 19.7 Å². The van der Waals surface area contributed by atoms with Gasteiger partial charge in [-0.1, -0.05) is 36.4 Å². The molecule has 182 valence electrons. The molecule has 0 heterocycles. The van der Waals surface area contributed by atoms with Crippen LogP contribution in [0.2, 0.25) is 0 Å². The van der Waals surface area contributed by atoms with Crippen LogP contribution in [-0.2, 0) is 19.6 Å². The molecule has 0 aliphatic rings. The first-order valence-electron chi connectivity index (χ1n) is 10.3. The monoisotopic (exact) mass is 499 g/mol. The molecule has 3 aromatic rings. The number of urea groups is 1. The number of hydrogen-bond acceptors (Lipinski definition) is 6. The number of halogens is 1. The second-order valence-corrected chi connectivity index (χ2v) is 9.13. The summed E-state index contributed by atoms with van der Waals surface area (Å²) in [4.78, 5) is 36.4. The average molecular weight is 500 g/mol. The van der Waals surface area contributed by atoms with Gasteiger partial charge in [0.1, 0.15) is 5.82 Å². The zero-order chi connectivity index (χ0) is 25.6. The molecule has 11 heteroatoms. The number of amides is 3. The minimum atomic E-state index is -4.02. The first kappa shape index (κ1) is 25.4. The van der Waals surface area contributed by atoms with Gasteiger partial charge in [0.15, 0.2) is 6.61 Å². The van der Waals surface area contributed by atoms with E-state index in [1.807, 2.05) is 5.32 Å². The highest BCUT2D eigenvalue weighted by molar-refractivity contribution is 7.92. The number of aryl methyl sites for hydroxylation is 2. The first-order valence-corrected chi connectivity index (χ1v) is 11.8. The Labute approximate surface area is 201 Å². The molecule has 9 nitrogen and oxygen atoms in total. The molecule has 0 bridgehead atoms. The number of anilines is 2. The Balaban J connectivity index is 1.64. The first-order chi connectivity index (χ1) is 16.6. The van der Waals surface area contributed by atoms with E-state index in [9.17, 15) is 27.2 Å². The highest BCUT2D eigenvalue weighted by Crippen LogP contribution is 2.23. The topological polar surface area (TPSA) is 131 Å². The third-order valence-corrected chi connectivity index (χ3v) is 6.24. The molecule has 0 aliphatic carbocycles. The van der Waals surface area contributed by atoms with E-state index >= 15 is 0 Å². The smallest absolute Gasteiger partial charge is 0.340 e. The lowest BCUT2D eigenvalue weighted by Gasteiger charge is -2.14. The summed E-state index contributed by atoms with van der Waals surface area (Å²) in [6.07, 6.45) is 0. The molecule has 0 atom stereocenters. The Kier molecular flexibility index (Phi) is 7.82. The number of benzene rings is 3. The Hall–Kier alpha value is -4.25. The third kappa shape index (κ3) is 6.64. The van der Waals surface area contributed by atoms with Gasteiger partial charge in [-0.05, 0) is 55.3 Å². The Morgan fingerprint density at radius 1 is 0.914 bits per heavy atom. The molecule has 3 rings (SSSR count). The van der Waals surface area contributed by atoms with Crippen LogP contribution in [-0.4, -0.2) is 32.9 Å². The molecule has 0 saturated heterocycles. The van der Waals surface area contributed by atoms with Crippen molar-refractivity contribution in [2.75, 3.05) is 16.6 Å². The summed E-state index contributed by atoms with van der Waals surface area (Å²) in [6.45, 7) is 2.57. The van der Waals surface area contributed by atoms with E-state index < -0.39 is 40.4 Å². The standard InChI is InChI=1S/C24H22FN3O6S/c1-15-11-12-16(2)21(13-15)35(32,33)28-19-9-5-3-7-17(19)23(30)34-14-22(29)27-24(31)26-20-10-6-4-8-18(20)25/h3-13,28H,14H2,1-2H3,(H2,26,27,29,31). The number of ether oxygens (including phenoxy) is 1. The van der Waals surface area contributed by atoms with Crippen molar-refractivity contribution in [3.05, 3.63) is 89.2 Å². The highest BCUT2D eigenvalue weighted by atomic mass is 32.2. The lowest BCUT2D eigenvalue weighted by molar-refractivity contribution is -0.123. The maximum absolute atomic E-state index is 13.6. The van der Waals surface area contributed by atoms with Crippen molar-refractivity contribution in [3.8, 4) is 0 Å². The lowest BCUT2D eigenvalue weighted by atomic mass is 10.2. The molecule has 3 amide bonds. The molecule has 0 unspecified atom stereocenters. The molecule has 35 heavy (non-hydrogen) atoms. The fourth-order valence-electron chi connectivity index (χ4n) is 3.03. The third-order valence-electron chi connectivity index (χ3n) is 4.73. The number of imide groups is 1. The van der Waals surface area contributed by atoms with Gasteiger partial charge in [0.25, 0.3) is 15.9 Å². The van der Waals surface area contributed by atoms with E-state index in [0.717, 1.165) is 11.6 Å². The van der Waals surface area contributed by atoms with Gasteiger partial charge in [-0.3, -0.25) is 14.8 Å². The van der Waals surface area contributed by atoms with Gasteiger partial charge >= 0.3 is 12.0 Å². The SMILES string of the molecule is Cc1ccc(C)c(S(=O)(=O)Nc2ccccc2C(=O)OCC(=O)NC(=O)Nc2ccccc2F)c1. The molecule has 0 aromatic heterocycles. The number of carbonyl (C=O) groups excluding carboxylic acids is 3. The van der Waals surface area contributed by atoms with E-state index in [2.05, 4.69) is 10.0 Å². The highest BCUT2D eigenvalue weighted by Gasteiger charge is 2.22. The molecule has 0 saturated carbocycles. The van der Waals surface area contributed by atoms with Crippen molar-refractivity contribution in [3.63, 3.8) is 0 Å². The molecule has 0 radical (unpaired) electrons. The Morgan fingerprint density at radius 2 is 1.57 bits per heavy atom. The minimum absolute atomic E-state index is 0.0453. The summed E-state index contributed by atoms with van der Waals surface area (Å²) in [5, 5.41) is 4.06. The number of hydrogen-bond donors (Lipinski definition) is 3. The average Bonchev–Trinajstić information content (AvgIpc) is 2.80. The summed E-state index contributed by atoms with van der Waals surface area (Å²) in [7, 11) is -4.02. The van der Waals surface area contributed by atoms with Crippen molar-refractivity contribution in [2.45, 2.75) is 18.7 Å². The molecule has 3 aromatic carbocycles. The summed E-state index contributed by atoms with van der Waals surface area (Å²) in [5.41, 5.74) is 0.947. The molecular formula is C24H22FN3O6S. The van der Waals surface area contributed by atoms with Crippen LogP contribution in [0.4, 0.5) is 20.6 Å². The fourth-order valence-corrected chi connectivity index (χ4v) is 4.44. The zero-order valence-corrected chi connectivity index (χ0v) is 19.6. The van der Waals surface area contributed by atoms with Gasteiger partial charge in [-0.25, -0.2) is 22.4 Å². The summed E-state index contributed by atoms with van der Waals surface area (Å²) in [5.74, 6) is -2.66. The second-order valence-electron chi connectivity index (χ2n) is 7.48. The number of rotatable bonds is 7. The van der Waals surface area contributed by atoms with Gasteiger partial charge < -0.3 is 10.1 Å². The van der Waals surface area contributed by atoms with E-state index in [-0.39, 0.29) is 21.8 Å². The number of nitrogens with one attached hydrogen (secondary N) is 3. The van der Waals surface area contributed by atoms with Gasteiger partial charge in [-0.2, -0.15) is 0 Å². The normalized spacial score (nSPS) is 10.8. The maximum atomic E-state index is 13.6. The molecule has 0 spiro atoms. The number of carbonyl (C=O) groups is 3. The van der Waals surface area contributed by atoms with Gasteiger partial charge in [0.2, 0.25) is 0 Å². The summed E-state index contributed by atoms with van der Waals surface area (Å²) < 4.78 is 46.7. The molecule has 0 aliphatic heterocycles. The van der Waals surface area contributed by atoms with Crippen LogP contribution < -0.4 is 15.4 Å². The minimum Gasteiger partial charge on any atom is -0.452 e. The van der Waals surface area contributed by atoms with Crippen LogP contribution in [0.3, 0.4) is 0 Å². The van der Waals surface area contributed by atoms with E-state index in [1.165, 1.54) is 48.5 Å². The Morgan fingerprint density at radius 3 is 2.29 bits per heavy atom. The largest absolute Gasteiger partial charge is 0.452 e. The van der Waals surface area contributed by atoms with Crippen molar-refractivity contribution >= 4 is 39.3 Å². The van der Waals surface area contributed by atoms with E-state index in [0.29, 0.717) is 5.56 Å². The van der Waals surface area contributed by atoms with Crippen molar-refractivity contribution in [1.82, 2.24) is 5.32 Å². The van der Waals surface area contributed by atoms with Gasteiger partial charge in [-0.15, -0.1) is 0 Å². The summed E-state index contributed by atoms with van der Waals surface area (Å²) in [6, 6.07) is 15.0. The zero-order valence-electron chi connectivity index (χ0n) is 18.8. The number of esters is 1. The maximum Gasteiger partial charge on any atom is 0.340 e. The van der Waals surface area contributed by atoms with Crippen LogP contribution in [0.5, 0.6) is 0 Å². The summed E-state index contributed by atoms with van der Waals surface area (Å²) >= 11 is 0. The number of para-hydroxylation sites is 2. The van der Waals surface area contributed by atoms with Crippen LogP contribution in [0.15, 0.2) is 71.6 Å². The predicted molar refractivity (Wildman–Crippen MR) is 127 cm³/mol. The van der Waals surface area contributed by atoms with Gasteiger partial charge in [0, 0.05) is 0 Å². The fraction of sp³-hybridized carbons (Fsp3) is 0.125. The Bertz CT molecular complexity index is 1390. The second kappa shape index (κ2) is 10.8. The predicted octanol–water partition coefficient (Wildman–Crippen LogP) is 3.75.